The van der Waals surface area contributed by atoms with Crippen LogP contribution in [0.15, 0.2) is 83.9 Å². The highest BCUT2D eigenvalue weighted by Gasteiger charge is 2.12. The fourth-order valence-electron chi connectivity index (χ4n) is 2.60. The Bertz CT molecular complexity index is 774. The third kappa shape index (κ3) is 3.46. The van der Waals surface area contributed by atoms with Crippen molar-refractivity contribution in [2.75, 3.05) is 7.11 Å². The molecule has 1 N–H and O–H groups in total. The second kappa shape index (κ2) is 7.47. The average molecular weight is 317 g/mol. The molecule has 0 bridgehead atoms. The summed E-state index contributed by atoms with van der Waals surface area (Å²) in [5.41, 5.74) is 2.83. The summed E-state index contributed by atoms with van der Waals surface area (Å²) in [6, 6.07) is 25.5. The van der Waals surface area contributed by atoms with Crippen LogP contribution in [-0.2, 0) is 0 Å². The summed E-state index contributed by atoms with van der Waals surface area (Å²) >= 11 is 0. The first kappa shape index (κ1) is 15.8. The van der Waals surface area contributed by atoms with E-state index in [-0.39, 0.29) is 11.8 Å². The van der Waals surface area contributed by atoms with Crippen molar-refractivity contribution >= 4 is 6.21 Å². The molecule has 0 heterocycles. The molecule has 0 radical (unpaired) electrons. The molecule has 3 aromatic rings. The molecule has 3 heteroatoms. The molecule has 0 saturated carbocycles. The van der Waals surface area contributed by atoms with Gasteiger partial charge in [-0.15, -0.1) is 0 Å². The molecular formula is C21H19NO2. The van der Waals surface area contributed by atoms with Crippen LogP contribution in [0.3, 0.4) is 0 Å². The number of aliphatic imine (C=N–C) groups is 1. The first-order valence-electron chi connectivity index (χ1n) is 7.78. The van der Waals surface area contributed by atoms with Gasteiger partial charge in [0.15, 0.2) is 11.5 Å². The number of phenolic OH excluding ortho intramolecular Hbond substituents is 1. The quantitative estimate of drug-likeness (QED) is 0.698. The minimum Gasteiger partial charge on any atom is -0.504 e. The second-order valence-electron chi connectivity index (χ2n) is 5.40. The first-order valence-corrected chi connectivity index (χ1v) is 7.78. The van der Waals surface area contributed by atoms with Gasteiger partial charge in [0, 0.05) is 11.8 Å². The standard InChI is InChI=1S/C21H19NO2/c1-24-19-14-8-13-18(21(19)23)15-22-20(16-9-4-2-5-10-16)17-11-6-3-7-12-17/h2-15,20,23H,1H3. The van der Waals surface area contributed by atoms with E-state index in [1.807, 2.05) is 48.5 Å². The van der Waals surface area contributed by atoms with Gasteiger partial charge in [-0.1, -0.05) is 66.7 Å². The van der Waals surface area contributed by atoms with Crippen LogP contribution in [0, 0.1) is 0 Å². The SMILES string of the molecule is COc1cccc(C=NC(c2ccccc2)c2ccccc2)c1O. The Kier molecular flexibility index (Phi) is 4.92. The maximum Gasteiger partial charge on any atom is 0.166 e. The molecular weight excluding hydrogens is 298 g/mol. The third-order valence-electron chi connectivity index (χ3n) is 3.84. The Balaban J connectivity index is 1.99. The molecule has 0 aliphatic carbocycles. The largest absolute Gasteiger partial charge is 0.504 e. The van der Waals surface area contributed by atoms with E-state index >= 15 is 0 Å². The Hall–Kier alpha value is -3.07. The molecule has 0 aromatic heterocycles. The fourth-order valence-corrected chi connectivity index (χ4v) is 2.60. The van der Waals surface area contributed by atoms with Crippen molar-refractivity contribution in [1.82, 2.24) is 0 Å². The van der Waals surface area contributed by atoms with Gasteiger partial charge < -0.3 is 9.84 Å². The predicted octanol–water partition coefficient (Wildman–Crippen LogP) is 4.61. The van der Waals surface area contributed by atoms with Crippen LogP contribution in [0.2, 0.25) is 0 Å². The number of phenols is 1. The van der Waals surface area contributed by atoms with Crippen molar-refractivity contribution < 1.29 is 9.84 Å². The lowest BCUT2D eigenvalue weighted by atomic mass is 9.99. The van der Waals surface area contributed by atoms with Gasteiger partial charge in [0.25, 0.3) is 0 Å². The predicted molar refractivity (Wildman–Crippen MR) is 97.0 cm³/mol. The van der Waals surface area contributed by atoms with E-state index in [9.17, 15) is 5.11 Å². The molecule has 120 valence electrons. The molecule has 0 fully saturated rings. The average Bonchev–Trinajstić information content (AvgIpc) is 2.65. The zero-order valence-electron chi connectivity index (χ0n) is 13.5. The molecule has 0 saturated heterocycles. The number of aromatic hydroxyl groups is 1. The molecule has 0 aliphatic rings. The van der Waals surface area contributed by atoms with Crippen LogP contribution in [-0.4, -0.2) is 18.4 Å². The van der Waals surface area contributed by atoms with Crippen LogP contribution in [0.5, 0.6) is 11.5 Å². The number of ether oxygens (including phenoxy) is 1. The maximum atomic E-state index is 10.2. The van der Waals surface area contributed by atoms with Crippen molar-refractivity contribution in [2.45, 2.75) is 6.04 Å². The third-order valence-corrected chi connectivity index (χ3v) is 3.84. The van der Waals surface area contributed by atoms with Crippen LogP contribution in [0.4, 0.5) is 0 Å². The molecule has 0 spiro atoms. The van der Waals surface area contributed by atoms with Crippen LogP contribution in [0.1, 0.15) is 22.7 Å². The van der Waals surface area contributed by atoms with Crippen LogP contribution >= 0.6 is 0 Å². The Morgan fingerprint density at radius 1 is 0.833 bits per heavy atom. The molecule has 3 aromatic carbocycles. The Labute approximate surface area is 141 Å². The molecule has 0 unspecified atom stereocenters. The smallest absolute Gasteiger partial charge is 0.166 e. The van der Waals surface area contributed by atoms with Gasteiger partial charge in [-0.3, -0.25) is 4.99 Å². The summed E-state index contributed by atoms with van der Waals surface area (Å²) in [5, 5.41) is 10.2. The number of para-hydroxylation sites is 1. The molecule has 3 rings (SSSR count). The lowest BCUT2D eigenvalue weighted by Crippen LogP contribution is -1.99. The van der Waals surface area contributed by atoms with E-state index in [0.29, 0.717) is 11.3 Å². The van der Waals surface area contributed by atoms with Gasteiger partial charge in [-0.05, 0) is 23.3 Å². The van der Waals surface area contributed by atoms with Gasteiger partial charge in [-0.25, -0.2) is 0 Å². The van der Waals surface area contributed by atoms with Crippen molar-refractivity contribution in [1.29, 1.82) is 0 Å². The zero-order chi connectivity index (χ0) is 16.8. The summed E-state index contributed by atoms with van der Waals surface area (Å²) in [4.78, 5) is 4.73. The molecule has 24 heavy (non-hydrogen) atoms. The maximum absolute atomic E-state index is 10.2. The molecule has 3 nitrogen and oxygen atoms in total. The summed E-state index contributed by atoms with van der Waals surface area (Å²) in [7, 11) is 1.53. The monoisotopic (exact) mass is 317 g/mol. The number of benzene rings is 3. The number of hydrogen-bond acceptors (Lipinski definition) is 3. The molecule has 0 aliphatic heterocycles. The Morgan fingerprint density at radius 3 is 1.96 bits per heavy atom. The normalized spacial score (nSPS) is 11.1. The van der Waals surface area contributed by atoms with E-state index in [1.165, 1.54) is 7.11 Å². The number of nitrogens with zero attached hydrogens (tertiary/aromatic N) is 1. The topological polar surface area (TPSA) is 41.8 Å². The Morgan fingerprint density at radius 2 is 1.42 bits per heavy atom. The van der Waals surface area contributed by atoms with Gasteiger partial charge in [-0.2, -0.15) is 0 Å². The van der Waals surface area contributed by atoms with E-state index in [0.717, 1.165) is 11.1 Å². The first-order chi connectivity index (χ1) is 11.8. The van der Waals surface area contributed by atoms with Crippen molar-refractivity contribution in [3.63, 3.8) is 0 Å². The van der Waals surface area contributed by atoms with E-state index < -0.39 is 0 Å². The second-order valence-corrected chi connectivity index (χ2v) is 5.40. The summed E-state index contributed by atoms with van der Waals surface area (Å²) in [5.74, 6) is 0.540. The van der Waals surface area contributed by atoms with E-state index in [2.05, 4.69) is 24.3 Å². The number of hydrogen-bond donors (Lipinski definition) is 1. The highest BCUT2D eigenvalue weighted by molar-refractivity contribution is 5.85. The van der Waals surface area contributed by atoms with E-state index in [1.54, 1.807) is 12.3 Å². The lowest BCUT2D eigenvalue weighted by Gasteiger charge is -2.14. The molecule has 0 atom stereocenters. The summed E-state index contributed by atoms with van der Waals surface area (Å²) < 4.78 is 5.15. The minimum atomic E-state index is -0.127. The fraction of sp³-hybridized carbons (Fsp3) is 0.0952. The van der Waals surface area contributed by atoms with Crippen molar-refractivity contribution in [2.24, 2.45) is 4.99 Å². The molecule has 0 amide bonds. The van der Waals surface area contributed by atoms with Gasteiger partial charge >= 0.3 is 0 Å². The highest BCUT2D eigenvalue weighted by Crippen LogP contribution is 2.30. The zero-order valence-corrected chi connectivity index (χ0v) is 13.5. The highest BCUT2D eigenvalue weighted by atomic mass is 16.5. The minimum absolute atomic E-state index is 0.101. The number of methoxy groups -OCH3 is 1. The van der Waals surface area contributed by atoms with Gasteiger partial charge in [0.1, 0.15) is 0 Å². The lowest BCUT2D eigenvalue weighted by molar-refractivity contribution is 0.373. The van der Waals surface area contributed by atoms with Crippen LogP contribution < -0.4 is 4.74 Å². The van der Waals surface area contributed by atoms with Crippen molar-refractivity contribution in [3.8, 4) is 11.5 Å². The van der Waals surface area contributed by atoms with Gasteiger partial charge in [0.2, 0.25) is 0 Å². The van der Waals surface area contributed by atoms with Crippen LogP contribution in [0.25, 0.3) is 0 Å². The summed E-state index contributed by atoms with van der Waals surface area (Å²) in [6.07, 6.45) is 1.70. The van der Waals surface area contributed by atoms with Gasteiger partial charge in [0.05, 0.1) is 13.2 Å². The summed E-state index contributed by atoms with van der Waals surface area (Å²) in [6.45, 7) is 0. The van der Waals surface area contributed by atoms with Crippen molar-refractivity contribution in [3.05, 3.63) is 95.6 Å². The number of rotatable bonds is 5. The van der Waals surface area contributed by atoms with E-state index in [4.69, 9.17) is 9.73 Å².